The maximum atomic E-state index is 10.0. The Kier molecular flexibility index (Phi) is 4.94. The first kappa shape index (κ1) is 18.8. The fourth-order valence-electron chi connectivity index (χ4n) is 3.95. The molecule has 5 rings (SSSR count). The predicted octanol–water partition coefficient (Wildman–Crippen LogP) is 2.30. The van der Waals surface area contributed by atoms with Crippen LogP contribution in [0.4, 0.5) is 11.6 Å². The molecule has 8 nitrogen and oxygen atoms in total. The van der Waals surface area contributed by atoms with Crippen LogP contribution in [0, 0.1) is 5.92 Å². The summed E-state index contributed by atoms with van der Waals surface area (Å²) in [5.41, 5.74) is 3.56. The Bertz CT molecular complexity index is 1180. The molecule has 0 saturated carbocycles. The van der Waals surface area contributed by atoms with E-state index in [4.69, 9.17) is 0 Å². The van der Waals surface area contributed by atoms with Crippen LogP contribution in [0.5, 0.6) is 0 Å². The van der Waals surface area contributed by atoms with Gasteiger partial charge < -0.3 is 25.4 Å². The summed E-state index contributed by atoms with van der Waals surface area (Å²) in [6.07, 6.45) is 3.80. The molecule has 4 heterocycles. The number of aromatic nitrogens is 4. The molecular formula is C22H24N6O2. The molecule has 0 unspecified atom stereocenters. The van der Waals surface area contributed by atoms with Crippen molar-refractivity contribution in [1.82, 2.24) is 19.9 Å². The molecule has 0 amide bonds. The van der Waals surface area contributed by atoms with Crippen molar-refractivity contribution in [3.05, 3.63) is 54.4 Å². The number of H-pyrrole nitrogens is 1. The minimum absolute atomic E-state index is 0.0343. The van der Waals surface area contributed by atoms with Gasteiger partial charge in [-0.05, 0) is 41.6 Å². The van der Waals surface area contributed by atoms with Gasteiger partial charge >= 0.3 is 0 Å². The SMILES string of the molecule is OC[C@@H]1CN(c2ccc3ncc(NCc4ccc5cc[nH]c5c4)nc3n2)CC[C@@H]1O. The highest BCUT2D eigenvalue weighted by Crippen LogP contribution is 2.24. The first-order chi connectivity index (χ1) is 14.7. The molecule has 30 heavy (non-hydrogen) atoms. The summed E-state index contributed by atoms with van der Waals surface area (Å²) in [5, 5.41) is 24.0. The van der Waals surface area contributed by atoms with Crippen LogP contribution in [0.3, 0.4) is 0 Å². The van der Waals surface area contributed by atoms with Gasteiger partial charge in [-0.15, -0.1) is 0 Å². The van der Waals surface area contributed by atoms with Crippen molar-refractivity contribution in [3.63, 3.8) is 0 Å². The van der Waals surface area contributed by atoms with E-state index < -0.39 is 6.10 Å². The second-order valence-electron chi connectivity index (χ2n) is 7.76. The largest absolute Gasteiger partial charge is 0.396 e. The molecule has 4 aromatic rings. The number of aliphatic hydroxyl groups excluding tert-OH is 2. The van der Waals surface area contributed by atoms with Gasteiger partial charge in [-0.1, -0.05) is 12.1 Å². The molecule has 1 aliphatic heterocycles. The smallest absolute Gasteiger partial charge is 0.182 e. The van der Waals surface area contributed by atoms with Gasteiger partial charge in [0.1, 0.15) is 17.2 Å². The van der Waals surface area contributed by atoms with Gasteiger partial charge in [0.2, 0.25) is 0 Å². The zero-order valence-corrected chi connectivity index (χ0v) is 16.5. The molecular weight excluding hydrogens is 380 g/mol. The van der Waals surface area contributed by atoms with E-state index in [1.807, 2.05) is 18.3 Å². The molecule has 2 atom stereocenters. The number of piperidine rings is 1. The van der Waals surface area contributed by atoms with E-state index in [0.29, 0.717) is 37.5 Å². The van der Waals surface area contributed by atoms with Crippen LogP contribution < -0.4 is 10.2 Å². The van der Waals surface area contributed by atoms with E-state index in [-0.39, 0.29) is 12.5 Å². The predicted molar refractivity (Wildman–Crippen MR) is 116 cm³/mol. The van der Waals surface area contributed by atoms with E-state index in [9.17, 15) is 10.2 Å². The molecule has 1 aromatic carbocycles. The summed E-state index contributed by atoms with van der Waals surface area (Å²) in [6.45, 7) is 1.87. The summed E-state index contributed by atoms with van der Waals surface area (Å²) in [5.74, 6) is 1.30. The second kappa shape index (κ2) is 7.89. The molecule has 1 fully saturated rings. The molecule has 1 saturated heterocycles. The van der Waals surface area contributed by atoms with Crippen molar-refractivity contribution < 1.29 is 10.2 Å². The average Bonchev–Trinajstić information content (AvgIpc) is 3.25. The third-order valence-corrected chi connectivity index (χ3v) is 5.74. The van der Waals surface area contributed by atoms with Crippen LogP contribution in [0.1, 0.15) is 12.0 Å². The highest BCUT2D eigenvalue weighted by atomic mass is 16.3. The first-order valence-corrected chi connectivity index (χ1v) is 10.2. The Morgan fingerprint density at radius 2 is 2.10 bits per heavy atom. The Morgan fingerprint density at radius 3 is 3.00 bits per heavy atom. The normalized spacial score (nSPS) is 19.5. The summed E-state index contributed by atoms with van der Waals surface area (Å²) in [7, 11) is 0. The molecule has 8 heteroatoms. The number of nitrogens with one attached hydrogen (secondary N) is 2. The van der Waals surface area contributed by atoms with Gasteiger partial charge in [0, 0.05) is 37.3 Å². The van der Waals surface area contributed by atoms with Gasteiger partial charge in [0.25, 0.3) is 0 Å². The second-order valence-corrected chi connectivity index (χ2v) is 7.76. The van der Waals surface area contributed by atoms with Crippen LogP contribution in [0.2, 0.25) is 0 Å². The standard InChI is InChI=1S/C22H24N6O2/c29-13-16-12-28(8-6-19(16)30)21-4-3-17-22(27-21)26-20(11-24-17)25-10-14-1-2-15-5-7-23-18(15)9-14/h1-5,7,9,11,16,19,23,29-30H,6,8,10,12-13H2,(H,25,26,27)/t16-,19-/m0/s1. The molecule has 0 aliphatic carbocycles. The molecule has 1 aliphatic rings. The quantitative estimate of drug-likeness (QED) is 0.404. The number of pyridine rings is 1. The maximum absolute atomic E-state index is 10.0. The van der Waals surface area contributed by atoms with Crippen LogP contribution in [-0.4, -0.2) is 55.9 Å². The van der Waals surface area contributed by atoms with Gasteiger partial charge in [-0.25, -0.2) is 15.0 Å². The lowest BCUT2D eigenvalue weighted by atomic mass is 9.95. The molecule has 4 N–H and O–H groups in total. The molecule has 0 bridgehead atoms. The lowest BCUT2D eigenvalue weighted by molar-refractivity contribution is 0.0524. The van der Waals surface area contributed by atoms with Crippen molar-refractivity contribution in [3.8, 4) is 0 Å². The molecule has 3 aromatic heterocycles. The van der Waals surface area contributed by atoms with Crippen LogP contribution in [0.25, 0.3) is 22.1 Å². The van der Waals surface area contributed by atoms with E-state index in [1.165, 1.54) is 5.39 Å². The Hall–Kier alpha value is -3.23. The number of aromatic amines is 1. The number of anilines is 2. The minimum atomic E-state index is -0.465. The Morgan fingerprint density at radius 1 is 1.17 bits per heavy atom. The number of nitrogens with zero attached hydrogens (tertiary/aromatic N) is 4. The van der Waals surface area contributed by atoms with Crippen LogP contribution >= 0.6 is 0 Å². The summed E-state index contributed by atoms with van der Waals surface area (Å²) >= 11 is 0. The monoisotopic (exact) mass is 404 g/mol. The third-order valence-electron chi connectivity index (χ3n) is 5.74. The zero-order valence-electron chi connectivity index (χ0n) is 16.5. The van der Waals surface area contributed by atoms with Crippen LogP contribution in [-0.2, 0) is 6.54 Å². The molecule has 0 radical (unpaired) electrons. The summed E-state index contributed by atoms with van der Waals surface area (Å²) < 4.78 is 0. The number of hydrogen-bond acceptors (Lipinski definition) is 7. The van der Waals surface area contributed by atoms with Gasteiger partial charge in [0.15, 0.2) is 5.65 Å². The highest BCUT2D eigenvalue weighted by Gasteiger charge is 2.28. The van der Waals surface area contributed by atoms with Crippen molar-refractivity contribution in [2.24, 2.45) is 5.92 Å². The van der Waals surface area contributed by atoms with Crippen molar-refractivity contribution in [1.29, 1.82) is 0 Å². The van der Waals surface area contributed by atoms with E-state index >= 15 is 0 Å². The van der Waals surface area contributed by atoms with E-state index in [2.05, 4.69) is 54.4 Å². The molecule has 0 spiro atoms. The van der Waals surface area contributed by atoms with Crippen molar-refractivity contribution in [2.75, 3.05) is 29.9 Å². The van der Waals surface area contributed by atoms with Crippen molar-refractivity contribution >= 4 is 33.7 Å². The fraction of sp³-hybridized carbons (Fsp3) is 0.318. The number of hydrogen-bond donors (Lipinski definition) is 4. The fourth-order valence-corrected chi connectivity index (χ4v) is 3.95. The number of fused-ring (bicyclic) bond motifs is 2. The highest BCUT2D eigenvalue weighted by molar-refractivity contribution is 5.80. The zero-order chi connectivity index (χ0) is 20.5. The minimum Gasteiger partial charge on any atom is -0.396 e. The third kappa shape index (κ3) is 3.67. The Balaban J connectivity index is 1.34. The average molecular weight is 404 g/mol. The van der Waals surface area contributed by atoms with E-state index in [0.717, 1.165) is 22.4 Å². The number of rotatable bonds is 5. The summed E-state index contributed by atoms with van der Waals surface area (Å²) in [4.78, 5) is 19.1. The maximum Gasteiger partial charge on any atom is 0.182 e. The van der Waals surface area contributed by atoms with Gasteiger partial charge in [0.05, 0.1) is 18.9 Å². The van der Waals surface area contributed by atoms with E-state index in [1.54, 1.807) is 6.20 Å². The van der Waals surface area contributed by atoms with Crippen molar-refractivity contribution in [2.45, 2.75) is 19.1 Å². The molecule has 154 valence electrons. The Labute approximate surface area is 173 Å². The topological polar surface area (TPSA) is 110 Å². The number of benzene rings is 1. The van der Waals surface area contributed by atoms with Gasteiger partial charge in [-0.2, -0.15) is 0 Å². The lowest BCUT2D eigenvalue weighted by Crippen LogP contribution is -2.45. The van der Waals surface area contributed by atoms with Crippen LogP contribution in [0.15, 0.2) is 48.8 Å². The number of aliphatic hydroxyl groups is 2. The first-order valence-electron chi connectivity index (χ1n) is 10.2. The summed E-state index contributed by atoms with van der Waals surface area (Å²) in [6, 6.07) is 12.2. The van der Waals surface area contributed by atoms with Gasteiger partial charge in [-0.3, -0.25) is 0 Å². The lowest BCUT2D eigenvalue weighted by Gasteiger charge is -2.36.